The summed E-state index contributed by atoms with van der Waals surface area (Å²) >= 11 is 0. The smallest absolute Gasteiger partial charge is 0.0520 e. The van der Waals surface area contributed by atoms with Gasteiger partial charge in [-0.2, -0.15) is 0 Å². The van der Waals surface area contributed by atoms with Gasteiger partial charge in [0.2, 0.25) is 0 Å². The largest absolute Gasteiger partial charge is 0.392 e. The van der Waals surface area contributed by atoms with Crippen LogP contribution in [0.3, 0.4) is 0 Å². The molecule has 0 aromatic rings. The molecule has 14 heavy (non-hydrogen) atoms. The van der Waals surface area contributed by atoms with Crippen molar-refractivity contribution in [3.8, 4) is 0 Å². The number of nitrogens with one attached hydrogen (secondary N) is 2. The lowest BCUT2D eigenvalue weighted by atomic mass is 10.3. The Morgan fingerprint density at radius 1 is 1.21 bits per heavy atom. The first-order valence-electron chi connectivity index (χ1n) is 5.05. The molecule has 0 atom stereocenters. The number of hydrogen-bond donors (Lipinski definition) is 2. The van der Waals surface area contributed by atoms with E-state index in [2.05, 4.69) is 23.8 Å². The third kappa shape index (κ3) is 7.68. The zero-order valence-electron chi connectivity index (χ0n) is 9.36. The second-order valence-corrected chi connectivity index (χ2v) is 3.08. The summed E-state index contributed by atoms with van der Waals surface area (Å²) in [6.07, 6.45) is 1.80. The SMILES string of the molecule is C=C(CCNC(=C)CCOCC)NC. The Morgan fingerprint density at radius 3 is 2.50 bits per heavy atom. The molecule has 0 aromatic carbocycles. The predicted octanol–water partition coefficient (Wildman–Crippen LogP) is 1.64. The van der Waals surface area contributed by atoms with E-state index in [-0.39, 0.29) is 0 Å². The molecule has 0 radical (unpaired) electrons. The summed E-state index contributed by atoms with van der Waals surface area (Å²) < 4.78 is 5.22. The van der Waals surface area contributed by atoms with E-state index in [1.54, 1.807) is 0 Å². The van der Waals surface area contributed by atoms with Gasteiger partial charge in [0.25, 0.3) is 0 Å². The predicted molar refractivity (Wildman–Crippen MR) is 61.1 cm³/mol. The maximum absolute atomic E-state index is 5.22. The van der Waals surface area contributed by atoms with Gasteiger partial charge < -0.3 is 15.4 Å². The van der Waals surface area contributed by atoms with Crippen LogP contribution < -0.4 is 10.6 Å². The molecule has 0 saturated heterocycles. The molecular weight excluding hydrogens is 176 g/mol. The molecule has 3 nitrogen and oxygen atoms in total. The fourth-order valence-corrected chi connectivity index (χ4v) is 0.943. The van der Waals surface area contributed by atoms with Crippen LogP contribution in [0.2, 0.25) is 0 Å². The minimum atomic E-state index is 0.745. The average Bonchev–Trinajstić information content (AvgIpc) is 2.18. The van der Waals surface area contributed by atoms with E-state index in [4.69, 9.17) is 4.74 Å². The molecule has 0 saturated carbocycles. The lowest BCUT2D eigenvalue weighted by molar-refractivity contribution is 0.150. The molecule has 0 unspecified atom stereocenters. The number of rotatable bonds is 9. The highest BCUT2D eigenvalue weighted by Crippen LogP contribution is 1.96. The Hall–Kier alpha value is -0.960. The molecule has 0 aliphatic carbocycles. The van der Waals surface area contributed by atoms with Gasteiger partial charge in [0.15, 0.2) is 0 Å². The van der Waals surface area contributed by atoms with E-state index in [1.165, 1.54) is 0 Å². The highest BCUT2D eigenvalue weighted by Gasteiger charge is 1.94. The van der Waals surface area contributed by atoms with Crippen molar-refractivity contribution in [2.75, 3.05) is 26.8 Å². The van der Waals surface area contributed by atoms with Crippen LogP contribution in [0.25, 0.3) is 0 Å². The first-order valence-corrected chi connectivity index (χ1v) is 5.05. The van der Waals surface area contributed by atoms with Gasteiger partial charge in [0.05, 0.1) is 6.61 Å². The molecule has 0 aliphatic heterocycles. The van der Waals surface area contributed by atoms with Crippen molar-refractivity contribution < 1.29 is 4.74 Å². The fourth-order valence-electron chi connectivity index (χ4n) is 0.943. The molecule has 0 bridgehead atoms. The third-order valence-electron chi connectivity index (χ3n) is 1.91. The van der Waals surface area contributed by atoms with E-state index >= 15 is 0 Å². The van der Waals surface area contributed by atoms with E-state index < -0.39 is 0 Å². The van der Waals surface area contributed by atoms with Gasteiger partial charge in [-0.05, 0) is 6.92 Å². The monoisotopic (exact) mass is 198 g/mol. The molecule has 82 valence electrons. The van der Waals surface area contributed by atoms with Gasteiger partial charge in [0, 0.05) is 44.4 Å². The lowest BCUT2D eigenvalue weighted by Crippen LogP contribution is -2.18. The van der Waals surface area contributed by atoms with Crippen LogP contribution in [0.1, 0.15) is 19.8 Å². The normalized spacial score (nSPS) is 9.57. The summed E-state index contributed by atoms with van der Waals surface area (Å²) in [5, 5.41) is 6.23. The van der Waals surface area contributed by atoms with Crippen molar-refractivity contribution in [2.24, 2.45) is 0 Å². The molecule has 0 amide bonds. The van der Waals surface area contributed by atoms with Crippen LogP contribution in [0, 0.1) is 0 Å². The first-order chi connectivity index (χ1) is 6.70. The quantitative estimate of drug-likeness (QED) is 0.553. The van der Waals surface area contributed by atoms with Crippen molar-refractivity contribution >= 4 is 0 Å². The van der Waals surface area contributed by atoms with E-state index in [0.717, 1.165) is 44.0 Å². The summed E-state index contributed by atoms with van der Waals surface area (Å²) in [7, 11) is 1.88. The summed E-state index contributed by atoms with van der Waals surface area (Å²) in [5.41, 5.74) is 2.07. The molecular formula is C11H22N2O. The summed E-state index contributed by atoms with van der Waals surface area (Å²) in [6.45, 7) is 12.1. The standard InChI is InChI=1S/C11H22N2O/c1-5-14-9-7-11(3)13-8-6-10(2)12-4/h12-13H,2-3,5-9H2,1,4H3. The van der Waals surface area contributed by atoms with E-state index in [1.807, 2.05) is 14.0 Å². The van der Waals surface area contributed by atoms with Crippen LogP contribution >= 0.6 is 0 Å². The fraction of sp³-hybridized carbons (Fsp3) is 0.636. The van der Waals surface area contributed by atoms with E-state index in [0.29, 0.717) is 0 Å². The van der Waals surface area contributed by atoms with Crippen LogP contribution in [0.5, 0.6) is 0 Å². The van der Waals surface area contributed by atoms with Gasteiger partial charge in [0.1, 0.15) is 0 Å². The molecule has 0 aromatic heterocycles. The second-order valence-electron chi connectivity index (χ2n) is 3.08. The van der Waals surface area contributed by atoms with Gasteiger partial charge >= 0.3 is 0 Å². The molecule has 2 N–H and O–H groups in total. The summed E-state index contributed by atoms with van der Waals surface area (Å²) in [4.78, 5) is 0. The van der Waals surface area contributed by atoms with Crippen molar-refractivity contribution in [3.63, 3.8) is 0 Å². The second kappa shape index (κ2) is 8.63. The topological polar surface area (TPSA) is 33.3 Å². The minimum Gasteiger partial charge on any atom is -0.392 e. The van der Waals surface area contributed by atoms with Crippen molar-refractivity contribution in [2.45, 2.75) is 19.8 Å². The Bertz CT molecular complexity index is 178. The highest BCUT2D eigenvalue weighted by atomic mass is 16.5. The van der Waals surface area contributed by atoms with Gasteiger partial charge in [-0.25, -0.2) is 0 Å². The lowest BCUT2D eigenvalue weighted by Gasteiger charge is -2.10. The van der Waals surface area contributed by atoms with Crippen molar-refractivity contribution in [3.05, 3.63) is 24.6 Å². The van der Waals surface area contributed by atoms with Crippen LogP contribution in [-0.4, -0.2) is 26.8 Å². The average molecular weight is 198 g/mol. The van der Waals surface area contributed by atoms with Crippen LogP contribution in [0.4, 0.5) is 0 Å². The van der Waals surface area contributed by atoms with Crippen LogP contribution in [0.15, 0.2) is 24.6 Å². The first kappa shape index (κ1) is 13.0. The van der Waals surface area contributed by atoms with Gasteiger partial charge in [-0.3, -0.25) is 0 Å². The molecule has 3 heteroatoms. The molecule has 0 spiro atoms. The summed E-state index contributed by atoms with van der Waals surface area (Å²) in [6, 6.07) is 0. The minimum absolute atomic E-state index is 0.745. The van der Waals surface area contributed by atoms with Gasteiger partial charge in [-0.1, -0.05) is 13.2 Å². The van der Waals surface area contributed by atoms with Crippen molar-refractivity contribution in [1.82, 2.24) is 10.6 Å². The maximum atomic E-state index is 5.22. The van der Waals surface area contributed by atoms with Gasteiger partial charge in [-0.15, -0.1) is 0 Å². The highest BCUT2D eigenvalue weighted by molar-refractivity contribution is 4.95. The Balaban J connectivity index is 3.31. The molecule has 0 rings (SSSR count). The zero-order valence-corrected chi connectivity index (χ0v) is 9.36. The van der Waals surface area contributed by atoms with Crippen molar-refractivity contribution in [1.29, 1.82) is 0 Å². The zero-order chi connectivity index (χ0) is 10.8. The third-order valence-corrected chi connectivity index (χ3v) is 1.91. The van der Waals surface area contributed by atoms with Crippen LogP contribution in [-0.2, 0) is 4.74 Å². The Kier molecular flexibility index (Phi) is 8.04. The maximum Gasteiger partial charge on any atom is 0.0520 e. The molecule has 0 heterocycles. The number of hydrogen-bond acceptors (Lipinski definition) is 3. The summed E-state index contributed by atoms with van der Waals surface area (Å²) in [5.74, 6) is 0. The molecule has 0 aliphatic rings. The Labute approximate surface area is 87.2 Å². The Morgan fingerprint density at radius 2 is 1.93 bits per heavy atom. The molecule has 0 fully saturated rings. The van der Waals surface area contributed by atoms with E-state index in [9.17, 15) is 0 Å². The number of ether oxygens (including phenoxy) is 1.